The van der Waals surface area contributed by atoms with Gasteiger partial charge in [-0.25, -0.2) is 0 Å². The second-order valence-electron chi connectivity index (χ2n) is 5.30. The van der Waals surface area contributed by atoms with E-state index >= 15 is 0 Å². The first-order valence-corrected chi connectivity index (χ1v) is 7.45. The number of nitrogens with one attached hydrogen (secondary N) is 1. The SMILES string of the molecule is NC(CCC(=O)O)C(=O)NC(c1ccccc1)c1ccccc1. The number of benzene rings is 2. The molecule has 0 radical (unpaired) electrons. The summed E-state index contributed by atoms with van der Waals surface area (Å²) in [6, 6.07) is 18.0. The first kappa shape index (κ1) is 16.7. The zero-order valence-electron chi connectivity index (χ0n) is 12.7. The fraction of sp³-hybridized carbons (Fsp3) is 0.222. The van der Waals surface area contributed by atoms with Gasteiger partial charge in [-0.15, -0.1) is 0 Å². The molecule has 0 spiro atoms. The highest BCUT2D eigenvalue weighted by molar-refractivity contribution is 5.83. The van der Waals surface area contributed by atoms with Gasteiger partial charge < -0.3 is 16.2 Å². The Kier molecular flexibility index (Phi) is 5.88. The molecular weight excluding hydrogens is 292 g/mol. The minimum atomic E-state index is -0.962. The maximum Gasteiger partial charge on any atom is 0.303 e. The molecular formula is C18H20N2O3. The number of carbonyl (C=O) groups is 2. The number of aliphatic carboxylic acids is 1. The average Bonchev–Trinajstić information content (AvgIpc) is 2.58. The van der Waals surface area contributed by atoms with Gasteiger partial charge in [0.05, 0.1) is 12.1 Å². The van der Waals surface area contributed by atoms with Gasteiger partial charge in [-0.3, -0.25) is 9.59 Å². The number of hydrogen-bond acceptors (Lipinski definition) is 3. The second-order valence-corrected chi connectivity index (χ2v) is 5.30. The van der Waals surface area contributed by atoms with Crippen LogP contribution in [0.5, 0.6) is 0 Å². The molecule has 2 rings (SSSR count). The Morgan fingerprint density at radius 1 is 0.957 bits per heavy atom. The van der Waals surface area contributed by atoms with Crippen LogP contribution in [0, 0.1) is 0 Å². The lowest BCUT2D eigenvalue weighted by atomic mass is 9.98. The van der Waals surface area contributed by atoms with Gasteiger partial charge in [0.2, 0.25) is 5.91 Å². The first-order valence-electron chi connectivity index (χ1n) is 7.45. The van der Waals surface area contributed by atoms with Crippen LogP contribution in [0.3, 0.4) is 0 Å². The lowest BCUT2D eigenvalue weighted by Crippen LogP contribution is -2.42. The van der Waals surface area contributed by atoms with E-state index in [1.807, 2.05) is 60.7 Å². The van der Waals surface area contributed by atoms with Crippen LogP contribution in [0.15, 0.2) is 60.7 Å². The van der Waals surface area contributed by atoms with Crippen LogP contribution in [-0.2, 0) is 9.59 Å². The van der Waals surface area contributed by atoms with E-state index in [2.05, 4.69) is 5.32 Å². The zero-order chi connectivity index (χ0) is 16.7. The molecule has 5 nitrogen and oxygen atoms in total. The predicted octanol–water partition coefficient (Wildman–Crippen LogP) is 2.08. The van der Waals surface area contributed by atoms with Gasteiger partial charge in [0.1, 0.15) is 0 Å². The molecule has 2 aromatic carbocycles. The van der Waals surface area contributed by atoms with E-state index < -0.39 is 12.0 Å². The summed E-state index contributed by atoms with van der Waals surface area (Å²) in [7, 11) is 0. The summed E-state index contributed by atoms with van der Waals surface area (Å²) in [6.07, 6.45) is -0.0204. The summed E-state index contributed by atoms with van der Waals surface area (Å²) < 4.78 is 0. The maximum absolute atomic E-state index is 12.3. The highest BCUT2D eigenvalue weighted by Crippen LogP contribution is 2.21. The summed E-state index contributed by atoms with van der Waals surface area (Å²) >= 11 is 0. The normalized spacial score (nSPS) is 11.9. The van der Waals surface area contributed by atoms with Crippen LogP contribution < -0.4 is 11.1 Å². The first-order chi connectivity index (χ1) is 11.1. The fourth-order valence-electron chi connectivity index (χ4n) is 2.31. The molecule has 0 bridgehead atoms. The van der Waals surface area contributed by atoms with Crippen molar-refractivity contribution in [3.63, 3.8) is 0 Å². The molecule has 4 N–H and O–H groups in total. The van der Waals surface area contributed by atoms with Gasteiger partial charge in [0.25, 0.3) is 0 Å². The van der Waals surface area contributed by atoms with Gasteiger partial charge in [0, 0.05) is 6.42 Å². The Hall–Kier alpha value is -2.66. The van der Waals surface area contributed by atoms with Crippen molar-refractivity contribution < 1.29 is 14.7 Å². The Balaban J connectivity index is 2.15. The van der Waals surface area contributed by atoms with Crippen molar-refractivity contribution in [2.24, 2.45) is 5.73 Å². The molecule has 0 saturated heterocycles. The summed E-state index contributed by atoms with van der Waals surface area (Å²) in [6.45, 7) is 0. The lowest BCUT2D eigenvalue weighted by Gasteiger charge is -2.22. The number of rotatable bonds is 7. The molecule has 1 atom stereocenters. The lowest BCUT2D eigenvalue weighted by molar-refractivity contribution is -0.137. The molecule has 120 valence electrons. The number of hydrogen-bond donors (Lipinski definition) is 3. The zero-order valence-corrected chi connectivity index (χ0v) is 12.7. The van der Waals surface area contributed by atoms with Crippen molar-refractivity contribution in [1.29, 1.82) is 0 Å². The van der Waals surface area contributed by atoms with Crippen LogP contribution >= 0.6 is 0 Å². The third-order valence-electron chi connectivity index (χ3n) is 3.56. The Morgan fingerprint density at radius 2 is 1.43 bits per heavy atom. The predicted molar refractivity (Wildman–Crippen MR) is 87.7 cm³/mol. The standard InChI is InChI=1S/C18H20N2O3/c19-15(11-12-16(21)22)18(23)20-17(13-7-3-1-4-8-13)14-9-5-2-6-10-14/h1-10,15,17H,11-12,19H2,(H,20,23)(H,21,22). The van der Waals surface area contributed by atoms with Crippen LogP contribution in [-0.4, -0.2) is 23.0 Å². The monoisotopic (exact) mass is 312 g/mol. The smallest absolute Gasteiger partial charge is 0.303 e. The Morgan fingerprint density at radius 3 is 1.87 bits per heavy atom. The van der Waals surface area contributed by atoms with Crippen LogP contribution in [0.4, 0.5) is 0 Å². The van der Waals surface area contributed by atoms with E-state index in [1.165, 1.54) is 0 Å². The molecule has 0 aliphatic heterocycles. The Bertz CT molecular complexity index is 604. The minimum Gasteiger partial charge on any atom is -0.481 e. The van der Waals surface area contributed by atoms with E-state index in [1.54, 1.807) is 0 Å². The summed E-state index contributed by atoms with van der Waals surface area (Å²) in [5, 5.41) is 11.6. The van der Waals surface area contributed by atoms with E-state index in [0.29, 0.717) is 0 Å². The van der Waals surface area contributed by atoms with E-state index in [0.717, 1.165) is 11.1 Å². The third kappa shape index (κ3) is 4.93. The van der Waals surface area contributed by atoms with Crippen molar-refractivity contribution in [3.05, 3.63) is 71.8 Å². The summed E-state index contributed by atoms with van der Waals surface area (Å²) in [5.74, 6) is -1.32. The maximum atomic E-state index is 12.3. The summed E-state index contributed by atoms with van der Waals surface area (Å²) in [4.78, 5) is 22.9. The largest absolute Gasteiger partial charge is 0.481 e. The van der Waals surface area contributed by atoms with Crippen LogP contribution in [0.2, 0.25) is 0 Å². The molecule has 0 aliphatic carbocycles. The summed E-state index contributed by atoms with van der Waals surface area (Å²) in [5.41, 5.74) is 7.68. The van der Waals surface area contributed by atoms with Crippen molar-refractivity contribution in [2.75, 3.05) is 0 Å². The van der Waals surface area contributed by atoms with Gasteiger partial charge in [-0.05, 0) is 17.5 Å². The molecule has 23 heavy (non-hydrogen) atoms. The molecule has 0 saturated carbocycles. The van der Waals surface area contributed by atoms with Crippen molar-refractivity contribution in [3.8, 4) is 0 Å². The van der Waals surface area contributed by atoms with Crippen LogP contribution in [0.25, 0.3) is 0 Å². The highest BCUT2D eigenvalue weighted by Gasteiger charge is 2.21. The van der Waals surface area contributed by atoms with Crippen molar-refractivity contribution in [1.82, 2.24) is 5.32 Å². The molecule has 1 unspecified atom stereocenters. The molecule has 5 heteroatoms. The average molecular weight is 312 g/mol. The van der Waals surface area contributed by atoms with Gasteiger partial charge in [-0.1, -0.05) is 60.7 Å². The third-order valence-corrected chi connectivity index (χ3v) is 3.56. The number of carboxylic acid groups (broad SMARTS) is 1. The van der Waals surface area contributed by atoms with Gasteiger partial charge >= 0.3 is 5.97 Å². The topological polar surface area (TPSA) is 92.4 Å². The second kappa shape index (κ2) is 8.10. The van der Waals surface area contributed by atoms with Crippen molar-refractivity contribution in [2.45, 2.75) is 24.9 Å². The number of nitrogens with two attached hydrogens (primary N) is 1. The quantitative estimate of drug-likeness (QED) is 0.730. The van der Waals surface area contributed by atoms with Crippen molar-refractivity contribution >= 4 is 11.9 Å². The number of amides is 1. The van der Waals surface area contributed by atoms with Gasteiger partial charge in [0.15, 0.2) is 0 Å². The van der Waals surface area contributed by atoms with E-state index in [9.17, 15) is 9.59 Å². The van der Waals surface area contributed by atoms with E-state index in [4.69, 9.17) is 10.8 Å². The highest BCUT2D eigenvalue weighted by atomic mass is 16.4. The molecule has 0 aromatic heterocycles. The van der Waals surface area contributed by atoms with Gasteiger partial charge in [-0.2, -0.15) is 0 Å². The number of carbonyl (C=O) groups excluding carboxylic acids is 1. The molecule has 1 amide bonds. The minimum absolute atomic E-state index is 0.109. The van der Waals surface area contributed by atoms with E-state index in [-0.39, 0.29) is 24.8 Å². The number of carboxylic acids is 1. The molecule has 0 fully saturated rings. The van der Waals surface area contributed by atoms with Crippen LogP contribution in [0.1, 0.15) is 30.0 Å². The molecule has 2 aromatic rings. The fourth-order valence-corrected chi connectivity index (χ4v) is 2.31. The molecule has 0 aliphatic rings. The molecule has 0 heterocycles. The Labute approximate surface area is 135 Å².